The van der Waals surface area contributed by atoms with E-state index in [9.17, 15) is 18.4 Å². The number of aryl methyl sites for hydroxylation is 2. The smallest absolute Gasteiger partial charge is 0.245 e. The summed E-state index contributed by atoms with van der Waals surface area (Å²) in [5.74, 6) is -0.778. The average molecular weight is 550 g/mol. The van der Waals surface area contributed by atoms with E-state index in [4.69, 9.17) is 0 Å². The Hall–Kier alpha value is -2.30. The first-order valence-electron chi connectivity index (χ1n) is 11.8. The van der Waals surface area contributed by atoms with Crippen LogP contribution in [0.4, 0.5) is 0 Å². The standard InChI is InChI=1S/C26H31N3O4S2.ClH/c1-3-20-7-9-21(10-8-20)23-11-12-24(34-23)26(17-25(30)28-31)13-14-29(15-16-35(26,32)33)18-22-6-4-5-19(2)27-22;/h4-12,31H,3,13-18H2,1-2H3,(H,28,30);1H/t26-;/m0./s1. The highest BCUT2D eigenvalue weighted by molar-refractivity contribution is 7.92. The third-order valence-electron chi connectivity index (χ3n) is 6.71. The average Bonchev–Trinajstić information content (AvgIpc) is 3.31. The number of nitrogens with one attached hydrogen (secondary N) is 1. The maximum atomic E-state index is 13.8. The molecule has 1 aliphatic rings. The lowest BCUT2D eigenvalue weighted by molar-refractivity contribution is -0.130. The number of hydrogen-bond acceptors (Lipinski definition) is 7. The first kappa shape index (κ1) is 28.3. The van der Waals surface area contributed by atoms with E-state index in [0.717, 1.165) is 28.2 Å². The van der Waals surface area contributed by atoms with Crippen molar-refractivity contribution in [2.75, 3.05) is 18.8 Å². The molecule has 3 heterocycles. The van der Waals surface area contributed by atoms with Crippen LogP contribution < -0.4 is 5.48 Å². The van der Waals surface area contributed by atoms with Gasteiger partial charge in [-0.05, 0) is 55.2 Å². The van der Waals surface area contributed by atoms with Gasteiger partial charge in [-0.2, -0.15) is 0 Å². The highest BCUT2D eigenvalue weighted by atomic mass is 35.5. The van der Waals surface area contributed by atoms with Crippen LogP contribution in [0.2, 0.25) is 0 Å². The van der Waals surface area contributed by atoms with Gasteiger partial charge in [-0.25, -0.2) is 13.9 Å². The van der Waals surface area contributed by atoms with Crippen LogP contribution in [0.1, 0.15) is 41.6 Å². The van der Waals surface area contributed by atoms with Gasteiger partial charge in [0.25, 0.3) is 0 Å². The van der Waals surface area contributed by atoms with Gasteiger partial charge < -0.3 is 0 Å². The zero-order valence-electron chi connectivity index (χ0n) is 20.4. The van der Waals surface area contributed by atoms with Crippen molar-refractivity contribution in [3.63, 3.8) is 0 Å². The molecule has 0 unspecified atom stereocenters. The molecule has 1 aromatic carbocycles. The molecule has 0 radical (unpaired) electrons. The molecule has 4 rings (SSSR count). The second-order valence-corrected chi connectivity index (χ2v) is 12.5. The van der Waals surface area contributed by atoms with Crippen LogP contribution in [0.5, 0.6) is 0 Å². The fourth-order valence-electron chi connectivity index (χ4n) is 4.63. The Labute approximate surface area is 222 Å². The van der Waals surface area contributed by atoms with Crippen molar-refractivity contribution < 1.29 is 18.4 Å². The fraction of sp³-hybridized carbons (Fsp3) is 0.385. The number of rotatable bonds is 7. The lowest BCUT2D eigenvalue weighted by atomic mass is 9.97. The SMILES string of the molecule is CCc1ccc(-c2ccc([C@@]3(CC(=O)NO)CCN(Cc4cccc(C)n4)CCS3(=O)=O)s2)cc1.Cl. The number of halogens is 1. The van der Waals surface area contributed by atoms with Crippen LogP contribution in [-0.2, 0) is 32.3 Å². The minimum absolute atomic E-state index is 0. The monoisotopic (exact) mass is 549 g/mol. The number of thiophene rings is 1. The van der Waals surface area contributed by atoms with Crippen LogP contribution >= 0.6 is 23.7 Å². The molecule has 1 saturated heterocycles. The van der Waals surface area contributed by atoms with E-state index in [0.29, 0.717) is 24.5 Å². The van der Waals surface area contributed by atoms with Crippen molar-refractivity contribution in [2.45, 2.75) is 44.4 Å². The van der Waals surface area contributed by atoms with Crippen molar-refractivity contribution in [3.05, 3.63) is 76.4 Å². The number of carbonyl (C=O) groups excluding carboxylic acids is 1. The second kappa shape index (κ2) is 11.8. The molecule has 194 valence electrons. The van der Waals surface area contributed by atoms with E-state index in [-0.39, 0.29) is 31.0 Å². The van der Waals surface area contributed by atoms with Gasteiger partial charge in [-0.3, -0.25) is 19.9 Å². The molecule has 2 aromatic heterocycles. The van der Waals surface area contributed by atoms with Crippen LogP contribution in [-0.4, -0.2) is 48.3 Å². The number of benzene rings is 1. The Morgan fingerprint density at radius 3 is 2.56 bits per heavy atom. The first-order chi connectivity index (χ1) is 16.8. The summed E-state index contributed by atoms with van der Waals surface area (Å²) in [6.07, 6.45) is 0.878. The minimum Gasteiger partial charge on any atom is -0.296 e. The van der Waals surface area contributed by atoms with E-state index < -0.39 is 20.5 Å². The predicted molar refractivity (Wildman–Crippen MR) is 145 cm³/mol. The molecular weight excluding hydrogens is 518 g/mol. The largest absolute Gasteiger partial charge is 0.296 e. The number of sulfone groups is 1. The topological polar surface area (TPSA) is 99.6 Å². The number of carbonyl (C=O) groups is 1. The lowest BCUT2D eigenvalue weighted by Crippen LogP contribution is -2.41. The van der Waals surface area contributed by atoms with Gasteiger partial charge >= 0.3 is 0 Å². The fourth-order valence-corrected chi connectivity index (χ4v) is 8.28. The Morgan fingerprint density at radius 1 is 1.14 bits per heavy atom. The quantitative estimate of drug-likeness (QED) is 0.332. The molecule has 7 nitrogen and oxygen atoms in total. The molecule has 10 heteroatoms. The first-order valence-corrected chi connectivity index (χ1v) is 14.2. The summed E-state index contributed by atoms with van der Waals surface area (Å²) >= 11 is 1.40. The molecule has 0 saturated carbocycles. The van der Waals surface area contributed by atoms with Gasteiger partial charge in [0.1, 0.15) is 4.75 Å². The Kier molecular flexibility index (Phi) is 9.29. The third-order valence-corrected chi connectivity index (χ3v) is 10.7. The molecule has 36 heavy (non-hydrogen) atoms. The molecular formula is C26H32ClN3O4S2. The number of pyridine rings is 1. The van der Waals surface area contributed by atoms with Crippen LogP contribution in [0.3, 0.4) is 0 Å². The molecule has 1 atom stereocenters. The zero-order valence-corrected chi connectivity index (χ0v) is 22.9. The molecule has 1 fully saturated rings. The minimum atomic E-state index is -3.72. The number of nitrogens with zero attached hydrogens (tertiary/aromatic N) is 2. The van der Waals surface area contributed by atoms with Gasteiger partial charge in [0, 0.05) is 35.1 Å². The number of hydroxylamine groups is 1. The van der Waals surface area contributed by atoms with Crippen LogP contribution in [0.25, 0.3) is 10.4 Å². The predicted octanol–water partition coefficient (Wildman–Crippen LogP) is 4.51. The molecule has 0 aliphatic carbocycles. The zero-order chi connectivity index (χ0) is 25.1. The van der Waals surface area contributed by atoms with Gasteiger partial charge in [-0.1, -0.05) is 37.3 Å². The Morgan fingerprint density at radius 2 is 1.89 bits per heavy atom. The van der Waals surface area contributed by atoms with Gasteiger partial charge in [-0.15, -0.1) is 23.7 Å². The summed E-state index contributed by atoms with van der Waals surface area (Å²) in [6.45, 7) is 5.42. The molecule has 2 N–H and O–H groups in total. The van der Waals surface area contributed by atoms with E-state index in [1.54, 1.807) is 5.48 Å². The van der Waals surface area contributed by atoms with Crippen LogP contribution in [0, 0.1) is 6.92 Å². The molecule has 0 spiro atoms. The Bertz CT molecular complexity index is 1290. The van der Waals surface area contributed by atoms with Crippen molar-refractivity contribution in [3.8, 4) is 10.4 Å². The summed E-state index contributed by atoms with van der Waals surface area (Å²) in [6, 6.07) is 17.8. The molecule has 0 bridgehead atoms. The van der Waals surface area contributed by atoms with E-state index in [1.807, 2.05) is 49.4 Å². The van der Waals surface area contributed by atoms with Gasteiger partial charge in [0.05, 0.1) is 17.9 Å². The number of aromatic nitrogens is 1. The van der Waals surface area contributed by atoms with E-state index in [2.05, 4.69) is 28.9 Å². The maximum absolute atomic E-state index is 13.8. The normalized spacial score (nSPS) is 19.8. The lowest BCUT2D eigenvalue weighted by Gasteiger charge is -2.30. The summed E-state index contributed by atoms with van der Waals surface area (Å²) in [5.41, 5.74) is 5.70. The second-order valence-electron chi connectivity index (χ2n) is 9.04. The molecule has 1 aliphatic heterocycles. The summed E-state index contributed by atoms with van der Waals surface area (Å²) in [7, 11) is -3.72. The molecule has 3 aromatic rings. The highest BCUT2D eigenvalue weighted by Crippen LogP contribution is 2.45. The van der Waals surface area contributed by atoms with Crippen LogP contribution in [0.15, 0.2) is 54.6 Å². The molecule has 1 amide bonds. The van der Waals surface area contributed by atoms with E-state index in [1.165, 1.54) is 16.9 Å². The van der Waals surface area contributed by atoms with E-state index >= 15 is 0 Å². The summed E-state index contributed by atoms with van der Waals surface area (Å²) < 4.78 is 26.1. The van der Waals surface area contributed by atoms with Crippen molar-refractivity contribution >= 4 is 39.5 Å². The van der Waals surface area contributed by atoms with Crippen molar-refractivity contribution in [1.29, 1.82) is 0 Å². The Balaban J connectivity index is 0.00000361. The summed E-state index contributed by atoms with van der Waals surface area (Å²) in [5, 5.41) is 9.26. The van der Waals surface area contributed by atoms with Crippen molar-refractivity contribution in [1.82, 2.24) is 15.4 Å². The third kappa shape index (κ3) is 5.98. The summed E-state index contributed by atoms with van der Waals surface area (Å²) in [4.78, 5) is 20.6. The number of hydrogen-bond donors (Lipinski definition) is 2. The van der Waals surface area contributed by atoms with Gasteiger partial charge in [0.15, 0.2) is 9.84 Å². The highest BCUT2D eigenvalue weighted by Gasteiger charge is 2.49. The number of amides is 1. The van der Waals surface area contributed by atoms with Crippen molar-refractivity contribution in [2.24, 2.45) is 0 Å². The maximum Gasteiger partial charge on any atom is 0.245 e. The van der Waals surface area contributed by atoms with Gasteiger partial charge in [0.2, 0.25) is 5.91 Å².